The van der Waals surface area contributed by atoms with Gasteiger partial charge in [-0.05, 0) is 30.3 Å². The number of alkyl halides is 3. The molecule has 1 aromatic carbocycles. The molecule has 0 saturated heterocycles. The lowest BCUT2D eigenvalue weighted by Gasteiger charge is -2.18. The van der Waals surface area contributed by atoms with E-state index < -0.39 is 11.7 Å². The van der Waals surface area contributed by atoms with E-state index in [-0.39, 0.29) is 35.1 Å². The summed E-state index contributed by atoms with van der Waals surface area (Å²) in [6.45, 7) is 0. The van der Waals surface area contributed by atoms with Crippen molar-refractivity contribution in [2.45, 2.75) is 6.18 Å². The van der Waals surface area contributed by atoms with E-state index in [1.807, 2.05) is 0 Å². The fourth-order valence-electron chi connectivity index (χ4n) is 2.52. The highest BCUT2D eigenvalue weighted by atomic mass is 19.4. The van der Waals surface area contributed by atoms with Crippen LogP contribution in [0.3, 0.4) is 0 Å². The maximum absolute atomic E-state index is 13.1. The molecule has 2 N–H and O–H groups in total. The Kier molecular flexibility index (Phi) is 5.02. The zero-order valence-electron chi connectivity index (χ0n) is 15.6. The number of nitrogens with zero attached hydrogens (tertiary/aromatic N) is 8. The number of benzene rings is 1. The SMILES string of the molecule is CN(c1cccc(C(F)(F)F)c1)c1nc(N=NN)nc(-c2noc(-c3ccco3)n2)n1. The van der Waals surface area contributed by atoms with E-state index in [4.69, 9.17) is 14.8 Å². The zero-order valence-corrected chi connectivity index (χ0v) is 15.6. The van der Waals surface area contributed by atoms with Crippen molar-refractivity contribution in [1.82, 2.24) is 25.1 Å². The Morgan fingerprint density at radius 2 is 1.87 bits per heavy atom. The summed E-state index contributed by atoms with van der Waals surface area (Å²) in [6, 6.07) is 7.91. The standard InChI is InChI=1S/C17H12F3N9O2/c1-29(10-5-2-4-9(8-10)17(18,19)20)16-24-12(23-15(25-16)26-28-21)13-22-14(31-27-13)11-6-3-7-30-11/h2-8H,1H3,(H2,21,23,24,25,26). The molecule has 0 spiro atoms. The highest BCUT2D eigenvalue weighted by molar-refractivity contribution is 5.60. The molecule has 0 aliphatic carbocycles. The second-order valence-corrected chi connectivity index (χ2v) is 5.98. The third-order valence-corrected chi connectivity index (χ3v) is 3.98. The van der Waals surface area contributed by atoms with E-state index in [1.165, 1.54) is 30.3 Å². The predicted octanol–water partition coefficient (Wildman–Crippen LogP) is 3.93. The zero-order chi connectivity index (χ0) is 22.0. The van der Waals surface area contributed by atoms with Crippen molar-refractivity contribution in [2.75, 3.05) is 11.9 Å². The molecule has 0 amide bonds. The van der Waals surface area contributed by atoms with Crippen molar-refractivity contribution in [2.24, 2.45) is 16.2 Å². The number of hydrogen-bond acceptors (Lipinski definition) is 10. The molecule has 3 aromatic heterocycles. The van der Waals surface area contributed by atoms with Gasteiger partial charge in [-0.15, -0.1) is 0 Å². The average molecular weight is 431 g/mol. The summed E-state index contributed by atoms with van der Waals surface area (Å²) in [5.41, 5.74) is -0.652. The fourth-order valence-corrected chi connectivity index (χ4v) is 2.52. The Morgan fingerprint density at radius 3 is 2.58 bits per heavy atom. The molecule has 158 valence electrons. The van der Waals surface area contributed by atoms with Gasteiger partial charge in [-0.25, -0.2) is 0 Å². The number of halogens is 3. The molecule has 0 atom stereocenters. The van der Waals surface area contributed by atoms with Crippen LogP contribution in [0.15, 0.2) is 61.9 Å². The van der Waals surface area contributed by atoms with Gasteiger partial charge in [0.25, 0.3) is 11.8 Å². The Morgan fingerprint density at radius 1 is 1.03 bits per heavy atom. The van der Waals surface area contributed by atoms with Crippen LogP contribution in [-0.4, -0.2) is 32.1 Å². The lowest BCUT2D eigenvalue weighted by molar-refractivity contribution is -0.137. The largest absolute Gasteiger partial charge is 0.459 e. The average Bonchev–Trinajstić information content (AvgIpc) is 3.44. The van der Waals surface area contributed by atoms with Crippen LogP contribution in [-0.2, 0) is 6.18 Å². The van der Waals surface area contributed by atoms with Crippen molar-refractivity contribution in [3.05, 3.63) is 48.2 Å². The molecule has 0 radical (unpaired) electrons. The highest BCUT2D eigenvalue weighted by Gasteiger charge is 2.31. The Labute approximate surface area is 171 Å². The Hall–Kier alpha value is -4.36. The summed E-state index contributed by atoms with van der Waals surface area (Å²) >= 11 is 0. The van der Waals surface area contributed by atoms with Crippen molar-refractivity contribution >= 4 is 17.6 Å². The first-order chi connectivity index (χ1) is 14.8. The van der Waals surface area contributed by atoms with Gasteiger partial charge in [0, 0.05) is 12.7 Å². The third-order valence-electron chi connectivity index (χ3n) is 3.98. The topological polar surface area (TPSA) is 145 Å². The minimum atomic E-state index is -4.51. The van der Waals surface area contributed by atoms with Crippen LogP contribution < -0.4 is 10.7 Å². The molecular weight excluding hydrogens is 419 g/mol. The lowest BCUT2D eigenvalue weighted by atomic mass is 10.2. The molecular formula is C17H12F3N9O2. The van der Waals surface area contributed by atoms with Gasteiger partial charge in [-0.2, -0.15) is 33.1 Å². The number of anilines is 2. The van der Waals surface area contributed by atoms with Crippen molar-refractivity contribution in [3.8, 4) is 23.3 Å². The summed E-state index contributed by atoms with van der Waals surface area (Å²) in [7, 11) is 1.47. The molecule has 0 saturated carbocycles. The van der Waals surface area contributed by atoms with E-state index in [9.17, 15) is 13.2 Å². The first-order valence-corrected chi connectivity index (χ1v) is 8.51. The number of rotatable bonds is 5. The van der Waals surface area contributed by atoms with Crippen LogP contribution >= 0.6 is 0 Å². The van der Waals surface area contributed by atoms with E-state index >= 15 is 0 Å². The second kappa shape index (κ2) is 7.81. The van der Waals surface area contributed by atoms with E-state index in [1.54, 1.807) is 12.1 Å². The molecule has 3 heterocycles. The smallest absolute Gasteiger partial charge is 0.416 e. The van der Waals surface area contributed by atoms with Crippen molar-refractivity contribution in [3.63, 3.8) is 0 Å². The summed E-state index contributed by atoms with van der Waals surface area (Å²) in [4.78, 5) is 17.8. The predicted molar refractivity (Wildman–Crippen MR) is 99.0 cm³/mol. The Bertz CT molecular complexity index is 1220. The molecule has 0 fully saturated rings. The minimum Gasteiger partial charge on any atom is -0.459 e. The van der Waals surface area contributed by atoms with Gasteiger partial charge < -0.3 is 19.7 Å². The van der Waals surface area contributed by atoms with Gasteiger partial charge in [0.15, 0.2) is 5.76 Å². The van der Waals surface area contributed by atoms with Crippen LogP contribution in [0, 0.1) is 0 Å². The molecule has 0 aliphatic heterocycles. The lowest BCUT2D eigenvalue weighted by Crippen LogP contribution is -2.15. The highest BCUT2D eigenvalue weighted by Crippen LogP contribution is 2.33. The quantitative estimate of drug-likeness (QED) is 0.282. The van der Waals surface area contributed by atoms with Crippen LogP contribution in [0.1, 0.15) is 5.56 Å². The Balaban J connectivity index is 1.74. The summed E-state index contributed by atoms with van der Waals surface area (Å²) < 4.78 is 49.5. The summed E-state index contributed by atoms with van der Waals surface area (Å²) in [5, 5.41) is 10.5. The van der Waals surface area contributed by atoms with Gasteiger partial charge in [0.05, 0.1) is 11.8 Å². The van der Waals surface area contributed by atoms with E-state index in [0.717, 1.165) is 12.1 Å². The summed E-state index contributed by atoms with van der Waals surface area (Å²) in [5.74, 6) is 5.15. The summed E-state index contributed by atoms with van der Waals surface area (Å²) in [6.07, 6.45) is -3.07. The molecule has 14 heteroatoms. The third kappa shape index (κ3) is 4.17. The molecule has 4 aromatic rings. The van der Waals surface area contributed by atoms with Gasteiger partial charge >= 0.3 is 6.18 Å². The molecule has 31 heavy (non-hydrogen) atoms. The molecule has 4 rings (SSSR count). The van der Waals surface area contributed by atoms with Gasteiger partial charge in [-0.3, -0.25) is 0 Å². The van der Waals surface area contributed by atoms with Crippen LogP contribution in [0.5, 0.6) is 0 Å². The first kappa shape index (κ1) is 19.9. The first-order valence-electron chi connectivity index (χ1n) is 8.51. The van der Waals surface area contributed by atoms with E-state index in [0.29, 0.717) is 5.76 Å². The fraction of sp³-hybridized carbons (Fsp3) is 0.118. The minimum absolute atomic E-state index is 0.0269. The second-order valence-electron chi connectivity index (χ2n) is 5.98. The monoisotopic (exact) mass is 431 g/mol. The maximum atomic E-state index is 13.1. The number of nitrogens with two attached hydrogens (primary N) is 1. The number of furan rings is 1. The van der Waals surface area contributed by atoms with Crippen LogP contribution in [0.2, 0.25) is 0 Å². The van der Waals surface area contributed by atoms with Crippen molar-refractivity contribution in [1.29, 1.82) is 0 Å². The number of hydrogen-bond donors (Lipinski definition) is 1. The molecule has 11 nitrogen and oxygen atoms in total. The van der Waals surface area contributed by atoms with Gasteiger partial charge in [-0.1, -0.05) is 21.6 Å². The van der Waals surface area contributed by atoms with Crippen LogP contribution in [0.25, 0.3) is 23.3 Å². The van der Waals surface area contributed by atoms with Crippen LogP contribution in [0.4, 0.5) is 30.8 Å². The van der Waals surface area contributed by atoms with Crippen molar-refractivity contribution < 1.29 is 22.1 Å². The molecule has 0 aliphatic rings. The molecule has 0 unspecified atom stereocenters. The maximum Gasteiger partial charge on any atom is 0.416 e. The molecule has 0 bridgehead atoms. The van der Waals surface area contributed by atoms with Gasteiger partial charge in [0.1, 0.15) is 0 Å². The number of aromatic nitrogens is 5. The van der Waals surface area contributed by atoms with E-state index in [2.05, 4.69) is 35.4 Å². The van der Waals surface area contributed by atoms with Gasteiger partial charge in [0.2, 0.25) is 17.6 Å². The normalized spacial score (nSPS) is 11.9.